The Balaban J connectivity index is 2.10. The SMILES string of the molecule is COC[C@@H](C)n1c(S[C@H](C)c2ccccc2Cl)nc2ccccc2c1=O. The molecule has 1 aromatic heterocycles. The Morgan fingerprint density at radius 2 is 1.85 bits per heavy atom. The van der Waals surface area contributed by atoms with Crippen molar-refractivity contribution in [2.75, 3.05) is 13.7 Å². The van der Waals surface area contributed by atoms with E-state index >= 15 is 0 Å². The Labute approximate surface area is 162 Å². The molecule has 0 unspecified atom stereocenters. The van der Waals surface area contributed by atoms with Crippen LogP contribution >= 0.6 is 23.4 Å². The first-order valence-electron chi connectivity index (χ1n) is 8.44. The standard InChI is InChI=1S/C20H21ClN2O2S/c1-13(12-25-3)23-19(24)16-9-5-7-11-18(16)22-20(23)26-14(2)15-8-4-6-10-17(15)21/h4-11,13-14H,12H2,1-3H3/t13-,14-/m1/s1. The third-order valence-electron chi connectivity index (χ3n) is 4.25. The van der Waals surface area contributed by atoms with Crippen LogP contribution in [0.3, 0.4) is 0 Å². The summed E-state index contributed by atoms with van der Waals surface area (Å²) in [7, 11) is 1.63. The maximum Gasteiger partial charge on any atom is 0.262 e. The van der Waals surface area contributed by atoms with Crippen molar-refractivity contribution >= 4 is 34.3 Å². The first-order valence-corrected chi connectivity index (χ1v) is 9.70. The lowest BCUT2D eigenvalue weighted by molar-refractivity contribution is 0.156. The lowest BCUT2D eigenvalue weighted by atomic mass is 10.2. The number of methoxy groups -OCH3 is 1. The van der Waals surface area contributed by atoms with Crippen molar-refractivity contribution in [3.63, 3.8) is 0 Å². The highest BCUT2D eigenvalue weighted by molar-refractivity contribution is 7.99. The fraction of sp³-hybridized carbons (Fsp3) is 0.300. The third-order valence-corrected chi connectivity index (χ3v) is 5.70. The zero-order chi connectivity index (χ0) is 18.7. The summed E-state index contributed by atoms with van der Waals surface area (Å²) in [5.74, 6) is 0. The van der Waals surface area contributed by atoms with Crippen molar-refractivity contribution in [1.29, 1.82) is 0 Å². The zero-order valence-electron chi connectivity index (χ0n) is 15.0. The largest absolute Gasteiger partial charge is 0.383 e. The second kappa shape index (κ2) is 8.25. The van der Waals surface area contributed by atoms with E-state index < -0.39 is 0 Å². The van der Waals surface area contributed by atoms with Crippen LogP contribution in [0.2, 0.25) is 5.02 Å². The predicted octanol–water partition coefficient (Wildman–Crippen LogP) is 5.11. The average Bonchev–Trinajstić information content (AvgIpc) is 2.62. The molecule has 26 heavy (non-hydrogen) atoms. The van der Waals surface area contributed by atoms with Gasteiger partial charge in [-0.2, -0.15) is 0 Å². The highest BCUT2D eigenvalue weighted by Gasteiger charge is 2.20. The summed E-state index contributed by atoms with van der Waals surface area (Å²) in [6.07, 6.45) is 0. The van der Waals surface area contributed by atoms with Gasteiger partial charge in [0.2, 0.25) is 0 Å². The lowest BCUT2D eigenvalue weighted by Crippen LogP contribution is -2.28. The fourth-order valence-electron chi connectivity index (χ4n) is 2.94. The van der Waals surface area contributed by atoms with Gasteiger partial charge >= 0.3 is 0 Å². The number of hydrogen-bond acceptors (Lipinski definition) is 4. The van der Waals surface area contributed by atoms with Gasteiger partial charge in [0.25, 0.3) is 5.56 Å². The number of hydrogen-bond donors (Lipinski definition) is 0. The minimum absolute atomic E-state index is 0.0472. The molecule has 0 aliphatic rings. The molecule has 3 rings (SSSR count). The van der Waals surface area contributed by atoms with Gasteiger partial charge in [0.05, 0.1) is 23.6 Å². The number of aromatic nitrogens is 2. The molecule has 6 heteroatoms. The summed E-state index contributed by atoms with van der Waals surface area (Å²) in [5, 5.41) is 2.06. The lowest BCUT2D eigenvalue weighted by Gasteiger charge is -2.21. The quantitative estimate of drug-likeness (QED) is 0.434. The number of halogens is 1. The van der Waals surface area contributed by atoms with Crippen LogP contribution in [0, 0.1) is 0 Å². The van der Waals surface area contributed by atoms with Crippen LogP contribution in [0.4, 0.5) is 0 Å². The summed E-state index contributed by atoms with van der Waals surface area (Å²) in [4.78, 5) is 17.8. The normalized spacial score (nSPS) is 13.7. The summed E-state index contributed by atoms with van der Waals surface area (Å²) < 4.78 is 7.00. The van der Waals surface area contributed by atoms with Gasteiger partial charge in [-0.1, -0.05) is 53.7 Å². The summed E-state index contributed by atoms with van der Waals surface area (Å²) >= 11 is 7.87. The van der Waals surface area contributed by atoms with E-state index in [1.54, 1.807) is 11.7 Å². The van der Waals surface area contributed by atoms with Gasteiger partial charge in [-0.05, 0) is 37.6 Å². The monoisotopic (exact) mass is 388 g/mol. The van der Waals surface area contributed by atoms with Gasteiger partial charge < -0.3 is 4.74 Å². The van der Waals surface area contributed by atoms with E-state index in [9.17, 15) is 4.79 Å². The molecule has 0 N–H and O–H groups in total. The minimum atomic E-state index is -0.120. The molecule has 2 aromatic carbocycles. The Hall–Kier alpha value is -1.82. The highest BCUT2D eigenvalue weighted by atomic mass is 35.5. The molecule has 0 spiro atoms. The smallest absolute Gasteiger partial charge is 0.262 e. The molecule has 0 saturated carbocycles. The molecule has 2 atom stereocenters. The Kier molecular flexibility index (Phi) is 6.01. The number of fused-ring (bicyclic) bond motifs is 1. The van der Waals surface area contributed by atoms with Gasteiger partial charge in [-0.3, -0.25) is 9.36 Å². The first-order chi connectivity index (χ1) is 12.5. The number of thioether (sulfide) groups is 1. The third kappa shape index (κ3) is 3.80. The molecule has 0 amide bonds. The Morgan fingerprint density at radius 3 is 2.58 bits per heavy atom. The number of benzene rings is 2. The number of ether oxygens (including phenoxy) is 1. The summed E-state index contributed by atoms with van der Waals surface area (Å²) in [5.41, 5.74) is 1.67. The van der Waals surface area contributed by atoms with Crippen LogP contribution in [0.15, 0.2) is 58.5 Å². The second-order valence-corrected chi connectivity index (χ2v) is 7.89. The van der Waals surface area contributed by atoms with E-state index in [4.69, 9.17) is 21.3 Å². The summed E-state index contributed by atoms with van der Waals surface area (Å²) in [6.45, 7) is 4.47. The van der Waals surface area contributed by atoms with E-state index in [-0.39, 0.29) is 16.9 Å². The topological polar surface area (TPSA) is 44.1 Å². The number of nitrogens with zero attached hydrogens (tertiary/aromatic N) is 2. The van der Waals surface area contributed by atoms with Crippen LogP contribution in [-0.4, -0.2) is 23.3 Å². The van der Waals surface area contributed by atoms with E-state index in [0.29, 0.717) is 27.7 Å². The van der Waals surface area contributed by atoms with Gasteiger partial charge in [0, 0.05) is 17.4 Å². The molecule has 0 aliphatic carbocycles. The average molecular weight is 389 g/mol. The van der Waals surface area contributed by atoms with Gasteiger partial charge in [-0.15, -0.1) is 0 Å². The van der Waals surface area contributed by atoms with Crippen LogP contribution in [0.1, 0.15) is 30.7 Å². The Bertz CT molecular complexity index is 973. The maximum atomic E-state index is 13.1. The molecule has 0 radical (unpaired) electrons. The predicted molar refractivity (Wildman–Crippen MR) is 108 cm³/mol. The number of rotatable bonds is 6. The van der Waals surface area contributed by atoms with Crippen molar-refractivity contribution in [3.8, 4) is 0 Å². The molecule has 1 heterocycles. The molecule has 0 bridgehead atoms. The van der Waals surface area contributed by atoms with E-state index in [1.165, 1.54) is 11.8 Å². The molecular formula is C20H21ClN2O2S. The zero-order valence-corrected chi connectivity index (χ0v) is 16.6. The highest BCUT2D eigenvalue weighted by Crippen LogP contribution is 2.37. The second-order valence-electron chi connectivity index (χ2n) is 6.17. The molecule has 0 saturated heterocycles. The molecule has 4 nitrogen and oxygen atoms in total. The minimum Gasteiger partial charge on any atom is -0.383 e. The van der Waals surface area contributed by atoms with E-state index in [2.05, 4.69) is 6.92 Å². The van der Waals surface area contributed by atoms with Gasteiger partial charge in [0.15, 0.2) is 5.16 Å². The molecule has 136 valence electrons. The van der Waals surface area contributed by atoms with Gasteiger partial charge in [-0.25, -0.2) is 4.98 Å². The van der Waals surface area contributed by atoms with E-state index in [0.717, 1.165) is 5.56 Å². The van der Waals surface area contributed by atoms with Crippen LogP contribution in [0.25, 0.3) is 10.9 Å². The molecule has 0 fully saturated rings. The van der Waals surface area contributed by atoms with E-state index in [1.807, 2.05) is 55.5 Å². The number of para-hydroxylation sites is 1. The molecular weight excluding hydrogens is 368 g/mol. The van der Waals surface area contributed by atoms with Crippen molar-refractivity contribution in [2.24, 2.45) is 0 Å². The van der Waals surface area contributed by atoms with Gasteiger partial charge in [0.1, 0.15) is 0 Å². The Morgan fingerprint density at radius 1 is 1.15 bits per heavy atom. The van der Waals surface area contributed by atoms with Crippen molar-refractivity contribution in [3.05, 3.63) is 69.5 Å². The maximum absolute atomic E-state index is 13.1. The fourth-order valence-corrected chi connectivity index (χ4v) is 4.48. The van der Waals surface area contributed by atoms with Crippen LogP contribution in [-0.2, 0) is 4.74 Å². The van der Waals surface area contributed by atoms with Crippen molar-refractivity contribution < 1.29 is 4.74 Å². The summed E-state index contributed by atoms with van der Waals surface area (Å²) in [6, 6.07) is 15.1. The molecule has 0 aliphatic heterocycles. The first kappa shape index (κ1) is 19.0. The van der Waals surface area contributed by atoms with Crippen molar-refractivity contribution in [1.82, 2.24) is 9.55 Å². The van der Waals surface area contributed by atoms with Crippen LogP contribution in [0.5, 0.6) is 0 Å². The van der Waals surface area contributed by atoms with Crippen LogP contribution < -0.4 is 5.56 Å². The molecule has 3 aromatic rings. The van der Waals surface area contributed by atoms with Crippen molar-refractivity contribution in [2.45, 2.75) is 30.3 Å².